The fourth-order valence-electron chi connectivity index (χ4n) is 3.01. The van der Waals surface area contributed by atoms with E-state index in [9.17, 15) is 14.0 Å². The summed E-state index contributed by atoms with van der Waals surface area (Å²) in [5.74, 6) is -0.781. The Morgan fingerprint density at radius 2 is 2.04 bits per heavy atom. The van der Waals surface area contributed by atoms with Gasteiger partial charge >= 0.3 is 0 Å². The number of hydrogen-bond donors (Lipinski definition) is 1. The molecule has 132 valence electrons. The minimum Gasteiger partial charge on any atom is -0.369 e. The quantitative estimate of drug-likeness (QED) is 0.855. The third-order valence-electron chi connectivity index (χ3n) is 4.82. The predicted octanol–water partition coefficient (Wildman–Crippen LogP) is 1.41. The summed E-state index contributed by atoms with van der Waals surface area (Å²) >= 11 is 0. The lowest BCUT2D eigenvalue weighted by atomic mass is 9.97. The molecule has 1 heterocycles. The molecule has 1 saturated heterocycles. The molecule has 0 aliphatic carbocycles. The molecule has 5 nitrogen and oxygen atoms in total. The lowest BCUT2D eigenvalue weighted by molar-refractivity contribution is -0.139. The molecule has 0 saturated carbocycles. The van der Waals surface area contributed by atoms with Gasteiger partial charge < -0.3 is 10.6 Å². The van der Waals surface area contributed by atoms with Gasteiger partial charge in [-0.1, -0.05) is 12.1 Å². The van der Waals surface area contributed by atoms with E-state index in [1.165, 1.54) is 12.1 Å². The number of likely N-dealkylation sites (N-methyl/N-ethyl adjacent to an activating group) is 1. The molecule has 2 atom stereocenters. The van der Waals surface area contributed by atoms with Crippen molar-refractivity contribution < 1.29 is 14.0 Å². The molecule has 1 fully saturated rings. The van der Waals surface area contributed by atoms with Gasteiger partial charge in [0.2, 0.25) is 11.8 Å². The zero-order valence-electron chi connectivity index (χ0n) is 14.4. The van der Waals surface area contributed by atoms with Gasteiger partial charge in [0.1, 0.15) is 5.82 Å². The summed E-state index contributed by atoms with van der Waals surface area (Å²) in [4.78, 5) is 27.7. The van der Waals surface area contributed by atoms with Crippen molar-refractivity contribution in [2.24, 2.45) is 11.7 Å². The molecule has 24 heavy (non-hydrogen) atoms. The van der Waals surface area contributed by atoms with Crippen molar-refractivity contribution in [1.29, 1.82) is 0 Å². The number of primary amides is 1. The van der Waals surface area contributed by atoms with Crippen molar-refractivity contribution in [2.45, 2.75) is 32.2 Å². The van der Waals surface area contributed by atoms with Crippen LogP contribution in [0.4, 0.5) is 4.39 Å². The van der Waals surface area contributed by atoms with Crippen LogP contribution in [0.15, 0.2) is 24.3 Å². The van der Waals surface area contributed by atoms with Crippen molar-refractivity contribution in [3.8, 4) is 0 Å². The summed E-state index contributed by atoms with van der Waals surface area (Å²) < 4.78 is 12.9. The van der Waals surface area contributed by atoms with Gasteiger partial charge in [-0.05, 0) is 50.9 Å². The molecule has 2 amide bonds. The first-order valence-corrected chi connectivity index (χ1v) is 8.41. The van der Waals surface area contributed by atoms with Crippen LogP contribution in [-0.2, 0) is 16.0 Å². The maximum atomic E-state index is 12.9. The molecule has 1 aromatic carbocycles. The third kappa shape index (κ3) is 4.77. The molecule has 6 heteroatoms. The Bertz CT molecular complexity index is 576. The second-order valence-electron chi connectivity index (χ2n) is 6.56. The summed E-state index contributed by atoms with van der Waals surface area (Å²) in [6.45, 7) is 3.68. The Kier molecular flexibility index (Phi) is 6.31. The predicted molar refractivity (Wildman–Crippen MR) is 90.7 cm³/mol. The summed E-state index contributed by atoms with van der Waals surface area (Å²) in [6.07, 6.45) is 2.32. The molecule has 2 N–H and O–H groups in total. The SMILES string of the molecule is C[C@H](C(=O)N1CCC[C@@H](C(N)=O)C1)N(C)CCc1ccc(F)cc1. The van der Waals surface area contributed by atoms with E-state index in [1.807, 2.05) is 18.9 Å². The minimum atomic E-state index is -0.329. The minimum absolute atomic E-state index is 0.0301. The van der Waals surface area contributed by atoms with Gasteiger partial charge in [-0.3, -0.25) is 14.5 Å². The van der Waals surface area contributed by atoms with E-state index in [0.717, 1.165) is 24.8 Å². The average molecular weight is 335 g/mol. The molecule has 0 spiro atoms. The molecule has 0 unspecified atom stereocenters. The van der Waals surface area contributed by atoms with Crippen LogP contribution in [0.1, 0.15) is 25.3 Å². The van der Waals surface area contributed by atoms with Crippen molar-refractivity contribution >= 4 is 11.8 Å². The Morgan fingerprint density at radius 1 is 1.38 bits per heavy atom. The van der Waals surface area contributed by atoms with E-state index < -0.39 is 0 Å². The molecule has 1 aliphatic rings. The van der Waals surface area contributed by atoms with Gasteiger partial charge in [0.25, 0.3) is 0 Å². The van der Waals surface area contributed by atoms with E-state index in [-0.39, 0.29) is 29.6 Å². The fraction of sp³-hybridized carbons (Fsp3) is 0.556. The van der Waals surface area contributed by atoms with E-state index in [1.54, 1.807) is 17.0 Å². The largest absolute Gasteiger partial charge is 0.369 e. The molecule has 1 aliphatic heterocycles. The number of nitrogens with zero attached hydrogens (tertiary/aromatic N) is 2. The maximum absolute atomic E-state index is 12.9. The summed E-state index contributed by atoms with van der Waals surface area (Å²) in [7, 11) is 1.90. The standard InChI is InChI=1S/C18H26FN3O2/c1-13(18(24)22-10-3-4-15(12-22)17(20)23)21(2)11-9-14-5-7-16(19)8-6-14/h5-8,13,15H,3-4,9-12H2,1-2H3,(H2,20,23)/t13-,15-/m1/s1. The van der Waals surface area contributed by atoms with Crippen LogP contribution in [0.5, 0.6) is 0 Å². The maximum Gasteiger partial charge on any atom is 0.239 e. The smallest absolute Gasteiger partial charge is 0.239 e. The third-order valence-corrected chi connectivity index (χ3v) is 4.82. The number of amides is 2. The lowest BCUT2D eigenvalue weighted by Crippen LogP contribution is -2.51. The van der Waals surface area contributed by atoms with Crippen molar-refractivity contribution in [3.63, 3.8) is 0 Å². The summed E-state index contributed by atoms with van der Waals surface area (Å²) in [5.41, 5.74) is 6.41. The van der Waals surface area contributed by atoms with Gasteiger partial charge in [0.15, 0.2) is 0 Å². The number of rotatable bonds is 6. The van der Waals surface area contributed by atoms with Gasteiger partial charge in [-0.25, -0.2) is 4.39 Å². The number of benzene rings is 1. The van der Waals surface area contributed by atoms with Crippen LogP contribution >= 0.6 is 0 Å². The molecule has 0 aromatic heterocycles. The summed E-state index contributed by atoms with van der Waals surface area (Å²) in [5, 5.41) is 0. The Hall–Kier alpha value is -1.95. The van der Waals surface area contributed by atoms with Crippen molar-refractivity contribution in [2.75, 3.05) is 26.7 Å². The number of likely N-dealkylation sites (tertiary alicyclic amines) is 1. The highest BCUT2D eigenvalue weighted by atomic mass is 19.1. The van der Waals surface area contributed by atoms with Gasteiger partial charge in [0, 0.05) is 19.6 Å². The second kappa shape index (κ2) is 8.24. The number of piperidine rings is 1. The van der Waals surface area contributed by atoms with Crippen LogP contribution < -0.4 is 5.73 Å². The van der Waals surface area contributed by atoms with E-state index in [0.29, 0.717) is 19.6 Å². The van der Waals surface area contributed by atoms with E-state index in [2.05, 4.69) is 0 Å². The lowest BCUT2D eigenvalue weighted by Gasteiger charge is -2.35. The number of hydrogen-bond acceptors (Lipinski definition) is 3. The van der Waals surface area contributed by atoms with Gasteiger partial charge in [-0.15, -0.1) is 0 Å². The van der Waals surface area contributed by atoms with Gasteiger partial charge in [0.05, 0.1) is 12.0 Å². The number of carbonyl (C=O) groups is 2. The van der Waals surface area contributed by atoms with Crippen LogP contribution in [0.3, 0.4) is 0 Å². The zero-order chi connectivity index (χ0) is 17.7. The Labute approximate surface area is 142 Å². The number of carbonyl (C=O) groups excluding carboxylic acids is 2. The first-order chi connectivity index (χ1) is 11.4. The van der Waals surface area contributed by atoms with Crippen LogP contribution in [0.2, 0.25) is 0 Å². The topological polar surface area (TPSA) is 66.6 Å². The molecule has 0 bridgehead atoms. The normalized spacial score (nSPS) is 19.3. The first-order valence-electron chi connectivity index (χ1n) is 8.41. The van der Waals surface area contributed by atoms with Crippen molar-refractivity contribution in [3.05, 3.63) is 35.6 Å². The highest BCUT2D eigenvalue weighted by Crippen LogP contribution is 2.18. The Morgan fingerprint density at radius 3 is 2.67 bits per heavy atom. The molecule has 0 radical (unpaired) electrons. The first kappa shape index (κ1) is 18.4. The molecule has 2 rings (SSSR count). The Balaban J connectivity index is 1.87. The average Bonchev–Trinajstić information content (AvgIpc) is 2.59. The van der Waals surface area contributed by atoms with E-state index >= 15 is 0 Å². The molecular formula is C18H26FN3O2. The molecule has 1 aromatic rings. The monoisotopic (exact) mass is 335 g/mol. The van der Waals surface area contributed by atoms with Crippen LogP contribution in [-0.4, -0.2) is 54.3 Å². The van der Waals surface area contributed by atoms with Gasteiger partial charge in [-0.2, -0.15) is 0 Å². The summed E-state index contributed by atoms with van der Waals surface area (Å²) in [6, 6.07) is 6.15. The number of nitrogens with two attached hydrogens (primary N) is 1. The fourth-order valence-corrected chi connectivity index (χ4v) is 3.01. The molecular weight excluding hydrogens is 309 g/mol. The number of halogens is 1. The highest BCUT2D eigenvalue weighted by Gasteiger charge is 2.30. The highest BCUT2D eigenvalue weighted by molar-refractivity contribution is 5.83. The zero-order valence-corrected chi connectivity index (χ0v) is 14.4. The van der Waals surface area contributed by atoms with Crippen molar-refractivity contribution in [1.82, 2.24) is 9.80 Å². The second-order valence-corrected chi connectivity index (χ2v) is 6.56. The van der Waals surface area contributed by atoms with E-state index in [4.69, 9.17) is 5.73 Å². The van der Waals surface area contributed by atoms with Crippen LogP contribution in [0, 0.1) is 11.7 Å². The van der Waals surface area contributed by atoms with Crippen LogP contribution in [0.25, 0.3) is 0 Å².